The molecule has 94 heavy (non-hydrogen) atoms. The number of likely N-dealkylation sites (tertiary alicyclic amines) is 2. The second-order valence-electron chi connectivity index (χ2n) is 23.1. The van der Waals surface area contributed by atoms with Crippen LogP contribution in [0.4, 0.5) is 0 Å². The van der Waals surface area contributed by atoms with Gasteiger partial charge in [0.05, 0.1) is 38.7 Å². The zero-order valence-electron chi connectivity index (χ0n) is 53.1. The van der Waals surface area contributed by atoms with E-state index in [9.17, 15) is 92.0 Å². The molecule has 0 aromatic carbocycles. The van der Waals surface area contributed by atoms with Gasteiger partial charge in [-0.15, -0.1) is 0 Å². The van der Waals surface area contributed by atoms with Gasteiger partial charge in [0.25, 0.3) is 0 Å². The maximum atomic E-state index is 14.0. The summed E-state index contributed by atoms with van der Waals surface area (Å²) in [5, 5.41) is 67.5. The lowest BCUT2D eigenvalue weighted by molar-refractivity contribution is -0.142. The first-order valence-corrected chi connectivity index (χ1v) is 31.0. The number of carboxylic acid groups (broad SMARTS) is 3. The third kappa shape index (κ3) is 26.7. The molecule has 22 N–H and O–H groups in total. The van der Waals surface area contributed by atoms with Gasteiger partial charge in [0.1, 0.15) is 60.4 Å². The molecule has 3 heterocycles. The molecule has 38 heteroatoms. The predicted molar refractivity (Wildman–Crippen MR) is 328 cm³/mol. The largest absolute Gasteiger partial charge is 0.481 e. The molecule has 0 radical (unpaired) electrons. The van der Waals surface area contributed by atoms with E-state index >= 15 is 0 Å². The highest BCUT2D eigenvalue weighted by Gasteiger charge is 2.41. The van der Waals surface area contributed by atoms with Crippen LogP contribution < -0.4 is 81.0 Å². The number of rotatable bonds is 40. The summed E-state index contributed by atoms with van der Waals surface area (Å²) in [4.78, 5) is 215. The number of guanidine groups is 1. The van der Waals surface area contributed by atoms with E-state index in [0.29, 0.717) is 32.2 Å². The molecule has 3 rings (SSSR count). The highest BCUT2D eigenvalue weighted by molar-refractivity contribution is 6.00. The minimum absolute atomic E-state index is 0.0124. The Morgan fingerprint density at radius 1 is 0.532 bits per heavy atom. The van der Waals surface area contributed by atoms with Crippen molar-refractivity contribution in [1.29, 1.82) is 0 Å². The molecule has 3 fully saturated rings. The highest BCUT2D eigenvalue weighted by atomic mass is 16.4. The van der Waals surface area contributed by atoms with Gasteiger partial charge in [-0.25, -0.2) is 0 Å². The number of nitrogens with two attached hydrogens (primary N) is 3. The second kappa shape index (κ2) is 39.9. The smallest absolute Gasteiger partial charge is 0.325 e. The normalized spacial score (nSPS) is 18.4. The number of aliphatic hydroxyl groups is 1. The van der Waals surface area contributed by atoms with Crippen LogP contribution in [0, 0.1) is 5.92 Å². The number of carboxylic acids is 3. The van der Waals surface area contributed by atoms with E-state index in [2.05, 4.69) is 68.8 Å². The van der Waals surface area contributed by atoms with Crippen molar-refractivity contribution in [3.63, 3.8) is 0 Å². The molecule has 0 unspecified atom stereocenters. The van der Waals surface area contributed by atoms with E-state index in [-0.39, 0.29) is 83.1 Å². The summed E-state index contributed by atoms with van der Waals surface area (Å²) in [6, 6.07) is -14.9. The molecule has 11 atom stereocenters. The van der Waals surface area contributed by atoms with Crippen LogP contribution in [0.5, 0.6) is 0 Å². The third-order valence-electron chi connectivity index (χ3n) is 15.4. The maximum Gasteiger partial charge on any atom is 0.325 e. The van der Waals surface area contributed by atoms with Crippen LogP contribution in [0.15, 0.2) is 4.99 Å². The van der Waals surface area contributed by atoms with Crippen molar-refractivity contribution in [3.05, 3.63) is 0 Å². The van der Waals surface area contributed by atoms with Gasteiger partial charge in [0, 0.05) is 26.1 Å². The number of aliphatic hydroxyl groups excluding tert-OH is 1. The van der Waals surface area contributed by atoms with Gasteiger partial charge in [-0.1, -0.05) is 13.8 Å². The van der Waals surface area contributed by atoms with Crippen molar-refractivity contribution in [2.24, 2.45) is 28.1 Å². The molecule has 0 aromatic rings. The SMILES string of the molecule is CC(C)[C@H](NC(=O)[C@H](CCC(=O)O)NC(=O)[C@@H]1CCCN1C(=O)[C@H](C)NC(=O)[C@H](CO)NC(=O)CNC(=O)[C@H](CC(=O)O)NC(=O)[C@H](CCCCN)NC(=O)[C@@H]1CCCN1C(=O)CNC(=O)[C@@H]1CCCN1)C(=O)N[C@@H](CCCN=C(N)N)C(=O)NCC(=O)N[C@@H](C)C(=O)O. The minimum atomic E-state index is -1.84. The molecule has 0 aromatic heterocycles. The van der Waals surface area contributed by atoms with Crippen molar-refractivity contribution in [2.75, 3.05) is 59.0 Å². The summed E-state index contributed by atoms with van der Waals surface area (Å²) in [6.07, 6.45) is 0.801. The van der Waals surface area contributed by atoms with Crippen LogP contribution in [0.2, 0.25) is 0 Å². The van der Waals surface area contributed by atoms with Crippen molar-refractivity contribution in [2.45, 2.75) is 184 Å². The molecule has 0 spiro atoms. The lowest BCUT2D eigenvalue weighted by Crippen LogP contribution is -2.60. The molecule has 3 aliphatic heterocycles. The van der Waals surface area contributed by atoms with E-state index in [0.717, 1.165) is 11.3 Å². The quantitative estimate of drug-likeness (QED) is 0.0154. The van der Waals surface area contributed by atoms with E-state index in [1.165, 1.54) is 32.6 Å². The van der Waals surface area contributed by atoms with Gasteiger partial charge in [-0.05, 0) is 110 Å². The van der Waals surface area contributed by atoms with Crippen LogP contribution >= 0.6 is 0 Å². The van der Waals surface area contributed by atoms with E-state index < -0.39 is 200 Å². The van der Waals surface area contributed by atoms with Crippen molar-refractivity contribution < 1.29 is 97.1 Å². The molecule has 0 aliphatic carbocycles. The van der Waals surface area contributed by atoms with Gasteiger partial charge in [-0.3, -0.25) is 81.7 Å². The number of carbonyl (C=O) groups is 16. The van der Waals surface area contributed by atoms with Crippen molar-refractivity contribution in [1.82, 2.24) is 73.6 Å². The fraction of sp³-hybridized carbons (Fsp3) is 0.696. The fourth-order valence-corrected chi connectivity index (χ4v) is 10.2. The van der Waals surface area contributed by atoms with Gasteiger partial charge in [0.15, 0.2) is 5.96 Å². The van der Waals surface area contributed by atoms with Crippen LogP contribution in [-0.2, 0) is 76.7 Å². The number of aliphatic imine (C=N–C) groups is 1. The van der Waals surface area contributed by atoms with Crippen LogP contribution in [0.1, 0.15) is 118 Å². The standard InChI is InChI=1S/C56H92N18O20/c1-28(2)44(53(91)70-32(13-8-20-61-56(58)59)46(84)62-24-39(76)65-30(4)55(93)94)72-49(87)34(16-17-42(79)80)69-52(90)38-15-10-22-74(38)54(92)29(3)66-50(88)36(27-75)67-40(77)25-63-47(85)35(23-43(81)82)71-48(86)33(11-5-6-18-57)68-51(89)37-14-9-21-73(37)41(78)26-64-45(83)31-12-7-19-60-31/h28-38,44,60,75H,5-27,57H2,1-4H3,(H,62,84)(H,63,85)(H,64,83)(H,65,76)(H,66,88)(H,67,77)(H,68,89)(H,69,90)(H,70,91)(H,71,86)(H,72,87)(H,79,80)(H,81,82)(H,93,94)(H4,58,59,61)/t29-,30-,31-,32-,33-,34-,35-,36-,37-,38-,44-/m0/s1. The first kappa shape index (κ1) is 78.9. The number of nitrogens with zero attached hydrogens (tertiary/aromatic N) is 3. The molecule has 13 amide bonds. The van der Waals surface area contributed by atoms with E-state index in [1.54, 1.807) is 0 Å². The average molecular weight is 1340 g/mol. The molecule has 38 nitrogen and oxygen atoms in total. The summed E-state index contributed by atoms with van der Waals surface area (Å²) in [5.74, 6) is -16.8. The number of hydrogen-bond acceptors (Lipinski definition) is 20. The summed E-state index contributed by atoms with van der Waals surface area (Å²) in [6.45, 7) is 3.41. The van der Waals surface area contributed by atoms with E-state index in [1.807, 2.05) is 0 Å². The van der Waals surface area contributed by atoms with Gasteiger partial charge < -0.3 is 111 Å². The van der Waals surface area contributed by atoms with E-state index in [4.69, 9.17) is 22.3 Å². The lowest BCUT2D eigenvalue weighted by Gasteiger charge is -2.30. The summed E-state index contributed by atoms with van der Waals surface area (Å²) in [5.41, 5.74) is 16.4. The molecule has 3 saturated heterocycles. The molecular weight excluding hydrogens is 1240 g/mol. The minimum Gasteiger partial charge on any atom is -0.481 e. The highest BCUT2D eigenvalue weighted by Crippen LogP contribution is 2.21. The predicted octanol–water partition coefficient (Wildman–Crippen LogP) is -8.76. The zero-order valence-corrected chi connectivity index (χ0v) is 53.1. The Balaban J connectivity index is 1.65. The Morgan fingerprint density at radius 2 is 1.07 bits per heavy atom. The van der Waals surface area contributed by atoms with Crippen LogP contribution in [-0.4, -0.2) is 256 Å². The van der Waals surface area contributed by atoms with Crippen molar-refractivity contribution >= 4 is 101 Å². The number of nitrogens with one attached hydrogen (secondary N) is 12. The second-order valence-corrected chi connectivity index (χ2v) is 23.1. The first-order valence-electron chi connectivity index (χ1n) is 31.0. The monoisotopic (exact) mass is 1340 g/mol. The molecule has 3 aliphatic rings. The Labute approximate surface area is 541 Å². The Morgan fingerprint density at radius 3 is 1.63 bits per heavy atom. The number of aliphatic carboxylic acids is 3. The molecule has 0 saturated carbocycles. The fourth-order valence-electron chi connectivity index (χ4n) is 10.2. The Hall–Kier alpha value is -9.33. The molecular formula is C56H92N18O20. The maximum absolute atomic E-state index is 14.0. The zero-order chi connectivity index (χ0) is 70.4. The lowest BCUT2D eigenvalue weighted by atomic mass is 10.0. The Kier molecular flexibility index (Phi) is 33.5. The number of carbonyl (C=O) groups excluding carboxylic acids is 13. The van der Waals surface area contributed by atoms with Gasteiger partial charge in [0.2, 0.25) is 76.8 Å². The number of unbranched alkanes of at least 4 members (excludes halogenated alkanes) is 1. The summed E-state index contributed by atoms with van der Waals surface area (Å²) >= 11 is 0. The van der Waals surface area contributed by atoms with Gasteiger partial charge >= 0.3 is 17.9 Å². The van der Waals surface area contributed by atoms with Gasteiger partial charge in [-0.2, -0.15) is 0 Å². The summed E-state index contributed by atoms with van der Waals surface area (Å²) in [7, 11) is 0. The van der Waals surface area contributed by atoms with Crippen LogP contribution in [0.25, 0.3) is 0 Å². The number of amides is 13. The topological polar surface area (TPSA) is 595 Å². The van der Waals surface area contributed by atoms with Crippen LogP contribution in [0.3, 0.4) is 0 Å². The molecule has 0 bridgehead atoms. The van der Waals surface area contributed by atoms with Crippen molar-refractivity contribution in [3.8, 4) is 0 Å². The third-order valence-corrected chi connectivity index (χ3v) is 15.4. The molecule has 526 valence electrons. The number of hydrogen-bond donors (Lipinski definition) is 19. The Bertz CT molecular complexity index is 2760. The first-order chi connectivity index (χ1) is 44.4. The average Bonchev–Trinajstić information content (AvgIpc) is 1.63. The summed E-state index contributed by atoms with van der Waals surface area (Å²) < 4.78 is 0.